The summed E-state index contributed by atoms with van der Waals surface area (Å²) in [6.07, 6.45) is 7.12. The van der Waals surface area contributed by atoms with Crippen molar-refractivity contribution in [2.24, 2.45) is 0 Å². The highest BCUT2D eigenvalue weighted by molar-refractivity contribution is 5.90. The Balaban J connectivity index is 1.71. The van der Waals surface area contributed by atoms with Gasteiger partial charge >= 0.3 is 0 Å². The van der Waals surface area contributed by atoms with Gasteiger partial charge in [-0.05, 0) is 38.7 Å². The average Bonchev–Trinajstić information content (AvgIpc) is 2.87. The molecule has 1 aromatic heterocycles. The van der Waals surface area contributed by atoms with Crippen LogP contribution in [0.2, 0.25) is 0 Å². The van der Waals surface area contributed by atoms with Crippen LogP contribution in [0.4, 0.5) is 5.69 Å². The molecule has 0 aliphatic carbocycles. The van der Waals surface area contributed by atoms with Crippen molar-refractivity contribution in [1.29, 1.82) is 0 Å². The van der Waals surface area contributed by atoms with Crippen molar-refractivity contribution in [2.75, 3.05) is 11.4 Å². The third-order valence-corrected chi connectivity index (χ3v) is 5.06. The van der Waals surface area contributed by atoms with Crippen molar-refractivity contribution in [2.45, 2.75) is 50.7 Å². The van der Waals surface area contributed by atoms with E-state index in [0.717, 1.165) is 12.1 Å². The molecule has 1 aromatic carbocycles. The Kier molecular flexibility index (Phi) is 3.26. The van der Waals surface area contributed by atoms with Crippen LogP contribution >= 0.6 is 0 Å². The number of hydrogen-bond donors (Lipinski definition) is 1. The summed E-state index contributed by atoms with van der Waals surface area (Å²) in [6.45, 7) is 3.28. The van der Waals surface area contributed by atoms with Gasteiger partial charge in [0.2, 0.25) is 0 Å². The van der Waals surface area contributed by atoms with Crippen LogP contribution in [-0.2, 0) is 0 Å². The Morgan fingerprint density at radius 2 is 1.95 bits per heavy atom. The summed E-state index contributed by atoms with van der Waals surface area (Å²) >= 11 is 0. The molecule has 2 bridgehead atoms. The van der Waals surface area contributed by atoms with E-state index in [0.29, 0.717) is 18.1 Å². The zero-order valence-corrected chi connectivity index (χ0v) is 12.5. The first kappa shape index (κ1) is 13.0. The number of hydrogen-bond acceptors (Lipinski definition) is 4. The van der Waals surface area contributed by atoms with Crippen molar-refractivity contribution in [3.05, 3.63) is 30.5 Å². The molecule has 0 saturated carbocycles. The normalized spacial score (nSPS) is 28.0. The molecule has 2 saturated heterocycles. The van der Waals surface area contributed by atoms with Gasteiger partial charge in [-0.3, -0.25) is 0 Å². The molecule has 4 rings (SSSR count). The maximum absolute atomic E-state index is 4.26. The lowest BCUT2D eigenvalue weighted by atomic mass is 9.97. The van der Waals surface area contributed by atoms with Gasteiger partial charge in [0.15, 0.2) is 0 Å². The maximum atomic E-state index is 4.26. The first-order valence-electron chi connectivity index (χ1n) is 8.08. The first-order chi connectivity index (χ1) is 10.3. The number of rotatable bonds is 3. The molecule has 2 aliphatic heterocycles. The van der Waals surface area contributed by atoms with Gasteiger partial charge < -0.3 is 10.2 Å². The number of nitrogens with zero attached hydrogens (tertiary/aromatic N) is 3. The van der Waals surface area contributed by atoms with Crippen LogP contribution in [0.3, 0.4) is 0 Å². The Morgan fingerprint density at radius 1 is 1.19 bits per heavy atom. The summed E-state index contributed by atoms with van der Waals surface area (Å²) < 4.78 is 0. The summed E-state index contributed by atoms with van der Waals surface area (Å²) in [6, 6.07) is 10.4. The minimum Gasteiger partial charge on any atom is -0.367 e. The molecule has 0 radical (unpaired) electrons. The highest BCUT2D eigenvalue weighted by atomic mass is 15.2. The second kappa shape index (κ2) is 5.26. The minimum atomic E-state index is 0.626. The lowest BCUT2D eigenvalue weighted by Gasteiger charge is -2.38. The third kappa shape index (κ3) is 2.27. The van der Waals surface area contributed by atoms with Crippen molar-refractivity contribution in [3.8, 4) is 0 Å². The van der Waals surface area contributed by atoms with Gasteiger partial charge in [-0.15, -0.1) is 0 Å². The van der Waals surface area contributed by atoms with E-state index < -0.39 is 0 Å². The number of benzene rings is 1. The zero-order chi connectivity index (χ0) is 14.2. The van der Waals surface area contributed by atoms with Crippen molar-refractivity contribution in [1.82, 2.24) is 15.5 Å². The standard InChI is InChI=1S/C17H22N4/c1-2-21(14-9-12-7-8-13(10-14)19-12)17-11-18-20-16-6-4-3-5-15(16)17/h3-6,11-14,19H,2,7-10H2,1H3. The molecule has 2 fully saturated rings. The van der Waals surface area contributed by atoms with Crippen LogP contribution in [0.25, 0.3) is 10.9 Å². The molecule has 0 amide bonds. The van der Waals surface area contributed by atoms with Crippen LogP contribution in [0.5, 0.6) is 0 Å². The molecule has 4 heteroatoms. The van der Waals surface area contributed by atoms with Crippen molar-refractivity contribution in [3.63, 3.8) is 0 Å². The molecule has 2 atom stereocenters. The van der Waals surface area contributed by atoms with E-state index in [1.54, 1.807) is 0 Å². The molecule has 3 heterocycles. The van der Waals surface area contributed by atoms with Crippen LogP contribution in [0.1, 0.15) is 32.6 Å². The maximum Gasteiger partial charge on any atom is 0.0950 e. The molecule has 1 N–H and O–H groups in total. The Hall–Kier alpha value is -1.68. The summed E-state index contributed by atoms with van der Waals surface area (Å²) in [7, 11) is 0. The summed E-state index contributed by atoms with van der Waals surface area (Å²) in [5.41, 5.74) is 2.24. The number of nitrogens with one attached hydrogen (secondary N) is 1. The second-order valence-corrected chi connectivity index (χ2v) is 6.30. The van der Waals surface area contributed by atoms with E-state index in [9.17, 15) is 0 Å². The minimum absolute atomic E-state index is 0.626. The molecule has 21 heavy (non-hydrogen) atoms. The second-order valence-electron chi connectivity index (χ2n) is 6.30. The van der Waals surface area contributed by atoms with E-state index >= 15 is 0 Å². The lowest BCUT2D eigenvalue weighted by Crippen LogP contribution is -2.48. The highest BCUT2D eigenvalue weighted by Crippen LogP contribution is 2.34. The van der Waals surface area contributed by atoms with E-state index in [2.05, 4.69) is 39.5 Å². The number of piperidine rings is 1. The predicted octanol–water partition coefficient (Wildman–Crippen LogP) is 2.74. The van der Waals surface area contributed by atoms with Crippen LogP contribution in [0, 0.1) is 0 Å². The topological polar surface area (TPSA) is 41.1 Å². The van der Waals surface area contributed by atoms with Gasteiger partial charge in [-0.1, -0.05) is 18.2 Å². The van der Waals surface area contributed by atoms with Gasteiger partial charge in [0.05, 0.1) is 17.4 Å². The molecular weight excluding hydrogens is 260 g/mol. The number of fused-ring (bicyclic) bond motifs is 3. The fraction of sp³-hybridized carbons (Fsp3) is 0.529. The molecule has 2 aromatic rings. The largest absolute Gasteiger partial charge is 0.367 e. The molecule has 110 valence electrons. The fourth-order valence-electron chi connectivity index (χ4n) is 4.13. The summed E-state index contributed by atoms with van der Waals surface area (Å²) in [5, 5.41) is 13.4. The van der Waals surface area contributed by atoms with E-state index in [1.807, 2.05) is 18.3 Å². The van der Waals surface area contributed by atoms with Gasteiger partial charge in [0, 0.05) is 30.1 Å². The van der Waals surface area contributed by atoms with Crippen LogP contribution < -0.4 is 10.2 Å². The lowest BCUT2D eigenvalue weighted by molar-refractivity contribution is 0.349. The predicted molar refractivity (Wildman–Crippen MR) is 85.5 cm³/mol. The summed E-state index contributed by atoms with van der Waals surface area (Å²) in [4.78, 5) is 2.54. The molecular formula is C17H22N4. The van der Waals surface area contributed by atoms with Crippen LogP contribution in [0.15, 0.2) is 30.5 Å². The van der Waals surface area contributed by atoms with E-state index in [1.165, 1.54) is 36.8 Å². The molecule has 0 spiro atoms. The number of aromatic nitrogens is 2. The molecule has 2 unspecified atom stereocenters. The average molecular weight is 282 g/mol. The molecule has 4 nitrogen and oxygen atoms in total. The van der Waals surface area contributed by atoms with Gasteiger partial charge in [0.25, 0.3) is 0 Å². The Morgan fingerprint density at radius 3 is 2.71 bits per heavy atom. The van der Waals surface area contributed by atoms with Crippen molar-refractivity contribution >= 4 is 16.6 Å². The smallest absolute Gasteiger partial charge is 0.0950 e. The Labute approximate surface area is 125 Å². The van der Waals surface area contributed by atoms with E-state index in [-0.39, 0.29) is 0 Å². The van der Waals surface area contributed by atoms with E-state index in [4.69, 9.17) is 0 Å². The van der Waals surface area contributed by atoms with Gasteiger partial charge in [-0.2, -0.15) is 10.2 Å². The third-order valence-electron chi connectivity index (χ3n) is 5.06. The first-order valence-corrected chi connectivity index (χ1v) is 8.08. The highest BCUT2D eigenvalue weighted by Gasteiger charge is 2.36. The summed E-state index contributed by atoms with van der Waals surface area (Å²) in [5.74, 6) is 0. The van der Waals surface area contributed by atoms with Crippen molar-refractivity contribution < 1.29 is 0 Å². The number of anilines is 1. The Bertz CT molecular complexity index is 624. The quantitative estimate of drug-likeness (QED) is 0.940. The fourth-order valence-corrected chi connectivity index (χ4v) is 4.13. The van der Waals surface area contributed by atoms with Crippen LogP contribution in [-0.4, -0.2) is 34.9 Å². The SMILES string of the molecule is CCN(c1cnnc2ccccc12)C1CC2CCC(C1)N2. The van der Waals surface area contributed by atoms with Gasteiger partial charge in [-0.25, -0.2) is 0 Å². The zero-order valence-electron chi connectivity index (χ0n) is 12.5. The monoisotopic (exact) mass is 282 g/mol. The van der Waals surface area contributed by atoms with Gasteiger partial charge in [0.1, 0.15) is 0 Å². The molecule has 2 aliphatic rings.